The van der Waals surface area contributed by atoms with E-state index in [-0.39, 0.29) is 13.2 Å². The van der Waals surface area contributed by atoms with E-state index in [1.807, 2.05) is 0 Å². The van der Waals surface area contributed by atoms with Crippen molar-refractivity contribution in [2.75, 3.05) is 20.3 Å². The molecule has 1 heterocycles. The van der Waals surface area contributed by atoms with Crippen molar-refractivity contribution >= 4 is 0 Å². The van der Waals surface area contributed by atoms with E-state index in [2.05, 4.69) is 0 Å². The molecule has 6 heteroatoms. The van der Waals surface area contributed by atoms with Crippen LogP contribution in [0.25, 0.3) is 0 Å². The fourth-order valence-corrected chi connectivity index (χ4v) is 1.58. The molecule has 0 aliphatic carbocycles. The SMILES string of the molecule is COCC1C(CO)OC(O)C(O)C1O. The lowest BCUT2D eigenvalue weighted by molar-refractivity contribution is -0.278. The maximum absolute atomic E-state index is 9.56. The van der Waals surface area contributed by atoms with Crippen LogP contribution in [0.3, 0.4) is 0 Å². The first-order valence-corrected chi connectivity index (χ1v) is 4.41. The van der Waals surface area contributed by atoms with Crippen LogP contribution in [-0.2, 0) is 9.47 Å². The molecule has 6 nitrogen and oxygen atoms in total. The molecule has 0 saturated carbocycles. The van der Waals surface area contributed by atoms with Gasteiger partial charge in [-0.05, 0) is 0 Å². The van der Waals surface area contributed by atoms with Crippen LogP contribution < -0.4 is 0 Å². The van der Waals surface area contributed by atoms with Crippen LogP contribution in [0.1, 0.15) is 0 Å². The summed E-state index contributed by atoms with van der Waals surface area (Å²) in [6.45, 7) is -0.189. The fraction of sp³-hybridized carbons (Fsp3) is 1.00. The van der Waals surface area contributed by atoms with E-state index in [9.17, 15) is 10.2 Å². The number of aliphatic hydroxyl groups excluding tert-OH is 4. The highest BCUT2D eigenvalue weighted by Crippen LogP contribution is 2.25. The summed E-state index contributed by atoms with van der Waals surface area (Å²) in [5, 5.41) is 36.9. The van der Waals surface area contributed by atoms with Gasteiger partial charge in [-0.3, -0.25) is 0 Å². The van der Waals surface area contributed by atoms with Crippen molar-refractivity contribution in [3.63, 3.8) is 0 Å². The average Bonchev–Trinajstić information content (AvgIpc) is 2.19. The Morgan fingerprint density at radius 2 is 1.86 bits per heavy atom. The Kier molecular flexibility index (Phi) is 4.24. The summed E-state index contributed by atoms with van der Waals surface area (Å²) in [6, 6.07) is 0. The van der Waals surface area contributed by atoms with E-state index in [0.717, 1.165) is 0 Å². The second kappa shape index (κ2) is 5.01. The number of aliphatic hydroxyl groups is 4. The summed E-state index contributed by atoms with van der Waals surface area (Å²) < 4.78 is 9.72. The van der Waals surface area contributed by atoms with Gasteiger partial charge >= 0.3 is 0 Å². The van der Waals surface area contributed by atoms with Crippen molar-refractivity contribution in [1.29, 1.82) is 0 Å². The van der Waals surface area contributed by atoms with Gasteiger partial charge in [0.1, 0.15) is 6.10 Å². The Bertz CT molecular complexity index is 173. The van der Waals surface area contributed by atoms with Crippen LogP contribution in [0.2, 0.25) is 0 Å². The number of hydrogen-bond donors (Lipinski definition) is 4. The minimum atomic E-state index is -1.46. The molecule has 0 bridgehead atoms. The second-order valence-electron chi connectivity index (χ2n) is 3.35. The predicted molar refractivity (Wildman–Crippen MR) is 45.3 cm³/mol. The first-order valence-electron chi connectivity index (χ1n) is 4.41. The standard InChI is InChI=1S/C8H16O6/c1-13-3-4-5(2-9)14-8(12)7(11)6(4)10/h4-12H,2-3H2,1H3. The molecule has 1 fully saturated rings. The molecule has 1 aliphatic rings. The highest BCUT2D eigenvalue weighted by atomic mass is 16.6. The largest absolute Gasteiger partial charge is 0.394 e. The zero-order valence-electron chi connectivity index (χ0n) is 7.91. The second-order valence-corrected chi connectivity index (χ2v) is 3.35. The monoisotopic (exact) mass is 208 g/mol. The van der Waals surface area contributed by atoms with Crippen LogP contribution in [0.15, 0.2) is 0 Å². The van der Waals surface area contributed by atoms with Gasteiger partial charge in [-0.15, -0.1) is 0 Å². The van der Waals surface area contributed by atoms with E-state index < -0.39 is 30.5 Å². The maximum atomic E-state index is 9.56. The van der Waals surface area contributed by atoms with Gasteiger partial charge in [0.2, 0.25) is 0 Å². The predicted octanol–water partition coefficient (Wildman–Crippen LogP) is -2.32. The molecule has 0 radical (unpaired) electrons. The highest BCUT2D eigenvalue weighted by Gasteiger charge is 2.43. The highest BCUT2D eigenvalue weighted by molar-refractivity contribution is 4.88. The third kappa shape index (κ3) is 2.22. The van der Waals surface area contributed by atoms with Crippen LogP contribution in [0.5, 0.6) is 0 Å². The minimum Gasteiger partial charge on any atom is -0.394 e. The lowest BCUT2D eigenvalue weighted by Crippen LogP contribution is -2.56. The molecule has 1 aliphatic heterocycles. The van der Waals surface area contributed by atoms with Crippen LogP contribution in [0.4, 0.5) is 0 Å². The molecule has 84 valence electrons. The molecule has 4 N–H and O–H groups in total. The molecular formula is C8H16O6. The van der Waals surface area contributed by atoms with Gasteiger partial charge in [-0.2, -0.15) is 0 Å². The lowest BCUT2D eigenvalue weighted by Gasteiger charge is -2.39. The van der Waals surface area contributed by atoms with E-state index in [1.54, 1.807) is 0 Å². The quantitative estimate of drug-likeness (QED) is 0.415. The summed E-state index contributed by atoms with van der Waals surface area (Å²) in [5.74, 6) is -0.539. The van der Waals surface area contributed by atoms with E-state index in [0.29, 0.717) is 0 Å². The van der Waals surface area contributed by atoms with Crippen molar-refractivity contribution < 1.29 is 29.9 Å². The molecular weight excluding hydrogens is 192 g/mol. The molecule has 5 atom stereocenters. The van der Waals surface area contributed by atoms with Gasteiger partial charge in [0.15, 0.2) is 6.29 Å². The molecule has 0 aromatic heterocycles. The zero-order chi connectivity index (χ0) is 10.7. The molecule has 0 amide bonds. The van der Waals surface area contributed by atoms with Gasteiger partial charge in [0, 0.05) is 13.0 Å². The first kappa shape index (κ1) is 11.8. The third-order valence-corrected chi connectivity index (χ3v) is 2.41. The zero-order valence-corrected chi connectivity index (χ0v) is 7.91. The van der Waals surface area contributed by atoms with Gasteiger partial charge in [-0.1, -0.05) is 0 Å². The molecule has 0 spiro atoms. The molecule has 1 rings (SSSR count). The smallest absolute Gasteiger partial charge is 0.183 e. The molecule has 0 aromatic rings. The van der Waals surface area contributed by atoms with Crippen molar-refractivity contribution in [1.82, 2.24) is 0 Å². The van der Waals surface area contributed by atoms with E-state index >= 15 is 0 Å². The topological polar surface area (TPSA) is 99.4 Å². The third-order valence-electron chi connectivity index (χ3n) is 2.41. The summed E-state index contributed by atoms with van der Waals surface area (Å²) in [6.07, 6.45) is -4.70. The van der Waals surface area contributed by atoms with Crippen molar-refractivity contribution in [3.05, 3.63) is 0 Å². The van der Waals surface area contributed by atoms with E-state index in [1.165, 1.54) is 7.11 Å². The number of hydrogen-bond acceptors (Lipinski definition) is 6. The summed E-state index contributed by atoms with van der Waals surface area (Å²) in [7, 11) is 1.44. The van der Waals surface area contributed by atoms with Crippen molar-refractivity contribution in [3.8, 4) is 0 Å². The maximum Gasteiger partial charge on any atom is 0.183 e. The van der Waals surface area contributed by atoms with Gasteiger partial charge in [-0.25, -0.2) is 0 Å². The Hall–Kier alpha value is -0.240. The number of rotatable bonds is 3. The van der Waals surface area contributed by atoms with Gasteiger partial charge < -0.3 is 29.9 Å². The molecule has 5 unspecified atom stereocenters. The van der Waals surface area contributed by atoms with Crippen molar-refractivity contribution in [2.45, 2.75) is 24.6 Å². The average molecular weight is 208 g/mol. The lowest BCUT2D eigenvalue weighted by atomic mass is 9.90. The molecule has 0 aromatic carbocycles. The minimum absolute atomic E-state index is 0.149. The summed E-state index contributed by atoms with van der Waals surface area (Å²) in [4.78, 5) is 0. The van der Waals surface area contributed by atoms with Crippen LogP contribution in [0, 0.1) is 5.92 Å². The van der Waals surface area contributed by atoms with E-state index in [4.69, 9.17) is 19.7 Å². The number of methoxy groups -OCH3 is 1. The Balaban J connectivity index is 2.67. The Morgan fingerprint density at radius 3 is 2.36 bits per heavy atom. The van der Waals surface area contributed by atoms with Crippen LogP contribution in [-0.4, -0.2) is 65.4 Å². The Labute approximate surface area is 81.7 Å². The Morgan fingerprint density at radius 1 is 1.21 bits per heavy atom. The number of ether oxygens (including phenoxy) is 2. The molecule has 14 heavy (non-hydrogen) atoms. The fourth-order valence-electron chi connectivity index (χ4n) is 1.58. The first-order chi connectivity index (χ1) is 6.61. The van der Waals surface area contributed by atoms with Gasteiger partial charge in [0.05, 0.1) is 25.4 Å². The van der Waals surface area contributed by atoms with Gasteiger partial charge in [0.25, 0.3) is 0 Å². The summed E-state index contributed by atoms with van der Waals surface area (Å²) >= 11 is 0. The normalized spacial score (nSPS) is 43.9. The van der Waals surface area contributed by atoms with Crippen LogP contribution >= 0.6 is 0 Å². The summed E-state index contributed by atoms with van der Waals surface area (Å²) in [5.41, 5.74) is 0. The van der Waals surface area contributed by atoms with Crippen molar-refractivity contribution in [2.24, 2.45) is 5.92 Å². The molecule has 1 saturated heterocycles.